The molecule has 0 saturated carbocycles. The minimum atomic E-state index is -0.870. The number of thiazole rings is 1. The number of nitrogens with one attached hydrogen (secondary N) is 1. The molecular weight excluding hydrogens is 562 g/mol. The number of aliphatic carboxylic acids is 1. The molecule has 3 unspecified atom stereocenters. The van der Waals surface area contributed by atoms with Gasteiger partial charge in [0.25, 0.3) is 0 Å². The molecule has 0 spiro atoms. The van der Waals surface area contributed by atoms with E-state index in [1.54, 1.807) is 18.2 Å². The Labute approximate surface area is 246 Å². The van der Waals surface area contributed by atoms with E-state index in [9.17, 15) is 14.7 Å². The van der Waals surface area contributed by atoms with E-state index in [1.165, 1.54) is 23.1 Å². The first-order chi connectivity index (χ1) is 19.8. The van der Waals surface area contributed by atoms with Crippen molar-refractivity contribution in [1.82, 2.24) is 15.2 Å². The van der Waals surface area contributed by atoms with Gasteiger partial charge in [0.15, 0.2) is 0 Å². The smallest absolute Gasteiger partial charge is 0.484 e. The molecule has 41 heavy (non-hydrogen) atoms. The number of thioether (sulfide) groups is 1. The number of aromatic nitrogens is 1. The zero-order valence-electron chi connectivity index (χ0n) is 22.9. The van der Waals surface area contributed by atoms with Gasteiger partial charge in [0.1, 0.15) is 40.6 Å². The summed E-state index contributed by atoms with van der Waals surface area (Å²) >= 11 is 2.94. The van der Waals surface area contributed by atoms with Gasteiger partial charge in [0.05, 0.1) is 10.2 Å². The van der Waals surface area contributed by atoms with Crippen molar-refractivity contribution in [2.75, 3.05) is 19.8 Å². The molecule has 0 aliphatic carbocycles. The third-order valence-electron chi connectivity index (χ3n) is 6.81. The van der Waals surface area contributed by atoms with Crippen LogP contribution in [0.3, 0.4) is 0 Å². The van der Waals surface area contributed by atoms with Gasteiger partial charge in [-0.2, -0.15) is 0 Å². The van der Waals surface area contributed by atoms with Crippen LogP contribution in [0.25, 0.3) is 10.2 Å². The van der Waals surface area contributed by atoms with Crippen LogP contribution in [0.4, 0.5) is 4.79 Å². The van der Waals surface area contributed by atoms with Gasteiger partial charge in [-0.15, -0.1) is 23.1 Å². The van der Waals surface area contributed by atoms with Gasteiger partial charge in [-0.3, -0.25) is 10.1 Å². The Balaban J connectivity index is 1.15. The maximum absolute atomic E-state index is 12.4. The van der Waals surface area contributed by atoms with Gasteiger partial charge in [-0.25, -0.2) is 9.78 Å². The third kappa shape index (κ3) is 7.17. The number of hydrogen-bond acceptors (Lipinski definition) is 10. The number of nitrogens with zero attached hydrogens (tertiary/aromatic N) is 2. The zero-order valence-corrected chi connectivity index (χ0v) is 24.5. The second-order valence-corrected chi connectivity index (χ2v) is 12.1. The number of carbonyl (C=O) groups excluding carboxylic acids is 1. The third-order valence-corrected chi connectivity index (χ3v) is 9.26. The lowest BCUT2D eigenvalue weighted by Crippen LogP contribution is -2.34. The summed E-state index contributed by atoms with van der Waals surface area (Å²) in [6.45, 7) is 2.18. The van der Waals surface area contributed by atoms with Gasteiger partial charge in [0.2, 0.25) is 0 Å². The van der Waals surface area contributed by atoms with Gasteiger partial charge in [-0.1, -0.05) is 42.5 Å². The van der Waals surface area contributed by atoms with E-state index in [4.69, 9.17) is 14.2 Å². The van der Waals surface area contributed by atoms with Gasteiger partial charge >= 0.3 is 12.1 Å². The van der Waals surface area contributed by atoms with Crippen LogP contribution in [0, 0.1) is 0 Å². The molecule has 2 heterocycles. The summed E-state index contributed by atoms with van der Waals surface area (Å²) in [5.74, 6) is 0.681. The average molecular weight is 594 g/mol. The van der Waals surface area contributed by atoms with Crippen molar-refractivity contribution in [1.29, 1.82) is 0 Å². The monoisotopic (exact) mass is 593 g/mol. The van der Waals surface area contributed by atoms with E-state index >= 15 is 0 Å². The minimum Gasteiger partial charge on any atom is -0.484 e. The van der Waals surface area contributed by atoms with Crippen molar-refractivity contribution in [2.24, 2.45) is 0 Å². The van der Waals surface area contributed by atoms with Crippen LogP contribution >= 0.6 is 23.1 Å². The number of rotatable bonds is 10. The Morgan fingerprint density at radius 1 is 1.07 bits per heavy atom. The number of carboxylic acid groups (broad SMARTS) is 1. The Morgan fingerprint density at radius 3 is 2.49 bits per heavy atom. The van der Waals surface area contributed by atoms with Gasteiger partial charge in [-0.05, 0) is 56.4 Å². The van der Waals surface area contributed by atoms with Crippen molar-refractivity contribution in [3.63, 3.8) is 0 Å². The van der Waals surface area contributed by atoms with E-state index in [0.29, 0.717) is 11.5 Å². The van der Waals surface area contributed by atoms with Crippen molar-refractivity contribution in [3.8, 4) is 11.5 Å². The number of hydrogen-bond donors (Lipinski definition) is 2. The SMILES string of the molecule is CC(C(Oc1ccc(COC(=O)Oc2ccc3nc(C4N[C@@H](C(=O)O)CS4)sc3c2)cc1)c1ccccc1)N(C)C. The molecule has 0 amide bonds. The van der Waals surface area contributed by atoms with E-state index in [2.05, 4.69) is 34.3 Å². The fourth-order valence-corrected chi connectivity index (χ4v) is 6.66. The molecule has 214 valence electrons. The second-order valence-electron chi connectivity index (χ2n) is 9.89. The summed E-state index contributed by atoms with van der Waals surface area (Å²) in [6, 6.07) is 22.3. The molecule has 4 atom stereocenters. The van der Waals surface area contributed by atoms with E-state index in [0.717, 1.165) is 32.1 Å². The molecule has 1 aliphatic heterocycles. The zero-order chi connectivity index (χ0) is 28.9. The standard InChI is InChI=1S/C30H31N3O6S2/c1-18(33(2)3)26(20-7-5-4-6-8-20)38-21-11-9-19(10-12-21)16-37-30(36)39-22-13-14-23-25(15-22)41-28(31-23)27-32-24(17-40-27)29(34)35/h4-15,18,24,26-27,32H,16-17H2,1-3H3,(H,34,35)/t18?,24-,26?,27?/m1/s1. The molecule has 2 N–H and O–H groups in total. The van der Waals surface area contributed by atoms with Crippen LogP contribution in [-0.4, -0.2) is 59.0 Å². The van der Waals surface area contributed by atoms with Crippen LogP contribution in [0.1, 0.15) is 34.5 Å². The molecule has 3 aromatic carbocycles. The molecule has 1 aliphatic rings. The predicted octanol–water partition coefficient (Wildman–Crippen LogP) is 5.87. The maximum atomic E-state index is 12.4. The number of benzene rings is 3. The first-order valence-electron chi connectivity index (χ1n) is 13.1. The van der Waals surface area contributed by atoms with Crippen LogP contribution in [0.5, 0.6) is 11.5 Å². The lowest BCUT2D eigenvalue weighted by molar-refractivity contribution is -0.138. The summed E-state index contributed by atoms with van der Waals surface area (Å²) in [7, 11) is 4.06. The summed E-state index contributed by atoms with van der Waals surface area (Å²) in [5.41, 5.74) is 2.65. The highest BCUT2D eigenvalue weighted by Gasteiger charge is 2.32. The quantitative estimate of drug-likeness (QED) is 0.171. The number of ether oxygens (including phenoxy) is 3. The molecule has 0 radical (unpaired) electrons. The first-order valence-corrected chi connectivity index (χ1v) is 15.0. The van der Waals surface area contributed by atoms with Crippen LogP contribution < -0.4 is 14.8 Å². The number of carbonyl (C=O) groups is 2. The molecule has 4 aromatic rings. The van der Waals surface area contributed by atoms with Crippen molar-refractivity contribution < 1.29 is 28.9 Å². The van der Waals surface area contributed by atoms with Crippen LogP contribution in [0.2, 0.25) is 0 Å². The number of likely N-dealkylation sites (N-methyl/N-ethyl adjacent to an activating group) is 1. The first kappa shape index (κ1) is 28.9. The van der Waals surface area contributed by atoms with E-state index in [-0.39, 0.29) is 24.1 Å². The predicted molar refractivity (Wildman–Crippen MR) is 160 cm³/mol. The fraction of sp³-hybridized carbons (Fsp3) is 0.300. The Hall–Kier alpha value is -3.64. The summed E-state index contributed by atoms with van der Waals surface area (Å²) in [6.07, 6.45) is -0.958. The van der Waals surface area contributed by atoms with Crippen LogP contribution in [-0.2, 0) is 16.1 Å². The Morgan fingerprint density at radius 2 is 1.80 bits per heavy atom. The van der Waals surface area contributed by atoms with Crippen molar-refractivity contribution >= 4 is 45.4 Å². The number of fused-ring (bicyclic) bond motifs is 1. The molecule has 1 saturated heterocycles. The van der Waals surface area contributed by atoms with Crippen molar-refractivity contribution in [2.45, 2.75) is 37.1 Å². The molecule has 11 heteroatoms. The van der Waals surface area contributed by atoms with Gasteiger partial charge < -0.3 is 24.2 Å². The second kappa shape index (κ2) is 12.9. The normalized spacial score (nSPS) is 18.2. The highest BCUT2D eigenvalue weighted by molar-refractivity contribution is 7.99. The van der Waals surface area contributed by atoms with Gasteiger partial charge in [0, 0.05) is 17.9 Å². The maximum Gasteiger partial charge on any atom is 0.514 e. The summed E-state index contributed by atoms with van der Waals surface area (Å²) < 4.78 is 17.9. The Kier molecular flexibility index (Phi) is 9.09. The van der Waals surface area contributed by atoms with E-state index < -0.39 is 18.2 Å². The van der Waals surface area contributed by atoms with Crippen molar-refractivity contribution in [3.05, 3.63) is 88.9 Å². The molecule has 1 aromatic heterocycles. The summed E-state index contributed by atoms with van der Waals surface area (Å²) in [4.78, 5) is 30.3. The summed E-state index contributed by atoms with van der Waals surface area (Å²) in [5, 5.41) is 12.9. The lowest BCUT2D eigenvalue weighted by Gasteiger charge is -2.30. The largest absolute Gasteiger partial charge is 0.514 e. The molecule has 5 rings (SSSR count). The highest BCUT2D eigenvalue weighted by Crippen LogP contribution is 2.38. The van der Waals surface area contributed by atoms with E-state index in [1.807, 2.05) is 56.6 Å². The molecule has 0 bridgehead atoms. The lowest BCUT2D eigenvalue weighted by atomic mass is 10.0. The molecule has 9 nitrogen and oxygen atoms in total. The average Bonchev–Trinajstić information content (AvgIpc) is 3.63. The topological polar surface area (TPSA) is 110 Å². The molecular formula is C30H31N3O6S2. The Bertz CT molecular complexity index is 1500. The highest BCUT2D eigenvalue weighted by atomic mass is 32.2. The fourth-order valence-electron chi connectivity index (χ4n) is 4.29. The van der Waals surface area contributed by atoms with Crippen LogP contribution in [0.15, 0.2) is 72.8 Å². The molecule has 1 fully saturated rings. The minimum absolute atomic E-state index is 0.0532. The number of carboxylic acids is 1.